The summed E-state index contributed by atoms with van der Waals surface area (Å²) >= 11 is 0. The maximum absolute atomic E-state index is 13.6. The van der Waals surface area contributed by atoms with Crippen LogP contribution >= 0.6 is 0 Å². The first-order chi connectivity index (χ1) is 10.3. The predicted molar refractivity (Wildman–Crippen MR) is 78.4 cm³/mol. The van der Waals surface area contributed by atoms with E-state index in [1.54, 1.807) is 0 Å². The molecule has 0 bridgehead atoms. The molecule has 0 atom stereocenters. The maximum atomic E-state index is 13.6. The van der Waals surface area contributed by atoms with Crippen molar-refractivity contribution in [3.05, 3.63) is 35.4 Å². The van der Waals surface area contributed by atoms with Gasteiger partial charge in [-0.1, -0.05) is 0 Å². The lowest BCUT2D eigenvalue weighted by atomic mass is 10.1. The van der Waals surface area contributed by atoms with Crippen molar-refractivity contribution < 1.29 is 22.0 Å². The van der Waals surface area contributed by atoms with E-state index in [0.717, 1.165) is 12.1 Å². The highest BCUT2D eigenvalue weighted by Crippen LogP contribution is 2.14. The molecule has 0 saturated carbocycles. The third-order valence-corrected chi connectivity index (χ3v) is 4.52. The van der Waals surface area contributed by atoms with Gasteiger partial charge in [0.05, 0.1) is 11.3 Å². The van der Waals surface area contributed by atoms with Crippen LogP contribution in [0.5, 0.6) is 0 Å². The number of sulfone groups is 1. The number of amides is 1. The highest BCUT2D eigenvalue weighted by molar-refractivity contribution is 7.90. The summed E-state index contributed by atoms with van der Waals surface area (Å²) in [5.74, 6) is -1.99. The summed E-state index contributed by atoms with van der Waals surface area (Å²) in [5, 5.41) is 0. The van der Waals surface area contributed by atoms with Crippen molar-refractivity contribution in [3.8, 4) is 0 Å². The Morgan fingerprint density at radius 1 is 1.18 bits per heavy atom. The molecule has 2 rings (SSSR count). The fraction of sp³-hybridized carbons (Fsp3) is 0.500. The van der Waals surface area contributed by atoms with Gasteiger partial charge in [-0.2, -0.15) is 0 Å². The van der Waals surface area contributed by atoms with Crippen LogP contribution in [0.25, 0.3) is 0 Å². The van der Waals surface area contributed by atoms with Crippen LogP contribution in [-0.4, -0.2) is 68.9 Å². The number of hydrogen-bond donors (Lipinski definition) is 0. The highest BCUT2D eigenvalue weighted by atomic mass is 32.2. The number of carbonyl (C=O) groups excluding carboxylic acids is 1. The van der Waals surface area contributed by atoms with Gasteiger partial charge in [0, 0.05) is 45.0 Å². The van der Waals surface area contributed by atoms with E-state index in [9.17, 15) is 22.0 Å². The summed E-state index contributed by atoms with van der Waals surface area (Å²) in [6.07, 6.45) is 1.18. The largest absolute Gasteiger partial charge is 0.336 e. The number of carbonyl (C=O) groups is 1. The molecule has 0 aliphatic carbocycles. The van der Waals surface area contributed by atoms with E-state index in [0.29, 0.717) is 38.8 Å². The van der Waals surface area contributed by atoms with Crippen molar-refractivity contribution in [2.24, 2.45) is 0 Å². The normalized spacial score (nSPS) is 16.8. The number of nitrogens with zero attached hydrogens (tertiary/aromatic N) is 2. The third kappa shape index (κ3) is 4.48. The Morgan fingerprint density at radius 2 is 1.82 bits per heavy atom. The molecule has 1 aliphatic rings. The first-order valence-corrected chi connectivity index (χ1v) is 8.97. The van der Waals surface area contributed by atoms with Gasteiger partial charge >= 0.3 is 0 Å². The smallest absolute Gasteiger partial charge is 0.256 e. The van der Waals surface area contributed by atoms with E-state index in [2.05, 4.69) is 0 Å². The van der Waals surface area contributed by atoms with E-state index >= 15 is 0 Å². The van der Waals surface area contributed by atoms with E-state index < -0.39 is 27.4 Å². The SMILES string of the molecule is CS(=O)(=O)CCN1CCN(C(=O)c2ccc(F)cc2F)CC1. The van der Waals surface area contributed by atoms with E-state index in [-0.39, 0.29) is 11.3 Å². The van der Waals surface area contributed by atoms with Crippen molar-refractivity contribution in [1.29, 1.82) is 0 Å². The zero-order valence-corrected chi connectivity index (χ0v) is 13.1. The van der Waals surface area contributed by atoms with Crippen LogP contribution in [0.4, 0.5) is 8.78 Å². The first kappa shape index (κ1) is 16.8. The summed E-state index contributed by atoms with van der Waals surface area (Å²) in [6, 6.07) is 2.89. The molecule has 122 valence electrons. The van der Waals surface area contributed by atoms with Crippen molar-refractivity contribution >= 4 is 15.7 Å². The van der Waals surface area contributed by atoms with Crippen molar-refractivity contribution in [2.45, 2.75) is 0 Å². The van der Waals surface area contributed by atoms with Crippen molar-refractivity contribution in [2.75, 3.05) is 44.7 Å². The molecule has 1 heterocycles. The number of rotatable bonds is 4. The first-order valence-electron chi connectivity index (χ1n) is 6.91. The highest BCUT2D eigenvalue weighted by Gasteiger charge is 2.24. The molecule has 0 N–H and O–H groups in total. The molecule has 1 aromatic rings. The van der Waals surface area contributed by atoms with Gasteiger partial charge in [0.2, 0.25) is 0 Å². The van der Waals surface area contributed by atoms with Crippen molar-refractivity contribution in [1.82, 2.24) is 9.80 Å². The van der Waals surface area contributed by atoms with Gasteiger partial charge in [-0.05, 0) is 12.1 Å². The quantitative estimate of drug-likeness (QED) is 0.817. The van der Waals surface area contributed by atoms with Gasteiger partial charge < -0.3 is 4.90 Å². The van der Waals surface area contributed by atoms with Crippen LogP contribution < -0.4 is 0 Å². The zero-order chi connectivity index (χ0) is 16.3. The van der Waals surface area contributed by atoms with E-state index in [1.165, 1.54) is 11.2 Å². The minimum absolute atomic E-state index is 0.0769. The van der Waals surface area contributed by atoms with Crippen LogP contribution in [0, 0.1) is 11.6 Å². The molecule has 0 unspecified atom stereocenters. The second-order valence-corrected chi connectivity index (χ2v) is 7.65. The second kappa shape index (κ2) is 6.70. The van der Waals surface area contributed by atoms with Gasteiger partial charge in [-0.15, -0.1) is 0 Å². The van der Waals surface area contributed by atoms with Gasteiger partial charge in [0.15, 0.2) is 0 Å². The standard InChI is InChI=1S/C14H18F2N2O3S/c1-22(20,21)9-8-17-4-6-18(7-5-17)14(19)12-3-2-11(15)10-13(12)16/h2-3,10H,4-9H2,1H3. The van der Waals surface area contributed by atoms with Gasteiger partial charge in [-0.3, -0.25) is 9.69 Å². The molecular formula is C14H18F2N2O3S. The molecule has 0 radical (unpaired) electrons. The Kier molecular flexibility index (Phi) is 5.12. The lowest BCUT2D eigenvalue weighted by Crippen LogP contribution is -2.49. The average molecular weight is 332 g/mol. The average Bonchev–Trinajstić information content (AvgIpc) is 2.44. The summed E-state index contributed by atoms with van der Waals surface area (Å²) in [5.41, 5.74) is -0.147. The minimum Gasteiger partial charge on any atom is -0.336 e. The number of hydrogen-bond acceptors (Lipinski definition) is 4. The Bertz CT molecular complexity index is 656. The van der Waals surface area contributed by atoms with Crippen LogP contribution in [0.1, 0.15) is 10.4 Å². The molecule has 0 aromatic heterocycles. The van der Waals surface area contributed by atoms with Crippen LogP contribution in [-0.2, 0) is 9.84 Å². The monoisotopic (exact) mass is 332 g/mol. The number of piperazine rings is 1. The second-order valence-electron chi connectivity index (χ2n) is 5.39. The number of halogens is 2. The van der Waals surface area contributed by atoms with Gasteiger partial charge in [0.25, 0.3) is 5.91 Å². The van der Waals surface area contributed by atoms with Crippen LogP contribution in [0.2, 0.25) is 0 Å². The zero-order valence-electron chi connectivity index (χ0n) is 12.3. The molecule has 1 aromatic carbocycles. The predicted octanol–water partition coefficient (Wildman–Crippen LogP) is 0.767. The summed E-state index contributed by atoms with van der Waals surface area (Å²) in [4.78, 5) is 15.6. The van der Waals surface area contributed by atoms with E-state index in [4.69, 9.17) is 0 Å². The molecule has 0 spiro atoms. The van der Waals surface area contributed by atoms with Crippen LogP contribution in [0.3, 0.4) is 0 Å². The summed E-state index contributed by atoms with van der Waals surface area (Å²) in [7, 11) is -3.01. The van der Waals surface area contributed by atoms with Crippen molar-refractivity contribution in [3.63, 3.8) is 0 Å². The van der Waals surface area contributed by atoms with Gasteiger partial charge in [-0.25, -0.2) is 17.2 Å². The number of benzene rings is 1. The molecule has 22 heavy (non-hydrogen) atoms. The Hall–Kier alpha value is -1.54. The molecular weight excluding hydrogens is 314 g/mol. The fourth-order valence-electron chi connectivity index (χ4n) is 2.30. The molecule has 1 aliphatic heterocycles. The lowest BCUT2D eigenvalue weighted by molar-refractivity contribution is 0.0639. The third-order valence-electron chi connectivity index (χ3n) is 3.60. The Morgan fingerprint density at radius 3 is 2.36 bits per heavy atom. The Balaban J connectivity index is 1.92. The molecule has 5 nitrogen and oxygen atoms in total. The maximum Gasteiger partial charge on any atom is 0.256 e. The molecule has 1 amide bonds. The Labute approximate surface area is 128 Å². The minimum atomic E-state index is -3.01. The summed E-state index contributed by atoms with van der Waals surface area (Å²) < 4.78 is 48.8. The fourth-order valence-corrected chi connectivity index (χ4v) is 2.89. The lowest BCUT2D eigenvalue weighted by Gasteiger charge is -2.34. The molecule has 1 saturated heterocycles. The van der Waals surface area contributed by atoms with E-state index in [1.807, 2.05) is 4.90 Å². The van der Waals surface area contributed by atoms with Gasteiger partial charge in [0.1, 0.15) is 21.5 Å². The topological polar surface area (TPSA) is 57.7 Å². The summed E-state index contributed by atoms with van der Waals surface area (Å²) in [6.45, 7) is 2.26. The van der Waals surface area contributed by atoms with Crippen LogP contribution in [0.15, 0.2) is 18.2 Å². The molecule has 8 heteroatoms. The molecule has 1 fully saturated rings.